The fourth-order valence-electron chi connectivity index (χ4n) is 3.41. The summed E-state index contributed by atoms with van der Waals surface area (Å²) in [6.07, 6.45) is 4.73. The van der Waals surface area contributed by atoms with Gasteiger partial charge in [0, 0.05) is 49.0 Å². The second-order valence-electron chi connectivity index (χ2n) is 6.68. The summed E-state index contributed by atoms with van der Waals surface area (Å²) < 4.78 is 5.53. The molecule has 2 fully saturated rings. The molecule has 2 aliphatic rings. The van der Waals surface area contributed by atoms with Gasteiger partial charge in [-0.2, -0.15) is 0 Å². The predicted molar refractivity (Wildman–Crippen MR) is 84.6 cm³/mol. The van der Waals surface area contributed by atoms with Gasteiger partial charge in [-0.25, -0.2) is 0 Å². The predicted octanol–water partition coefficient (Wildman–Crippen LogP) is 2.28. The van der Waals surface area contributed by atoms with Gasteiger partial charge in [0.25, 0.3) is 0 Å². The van der Waals surface area contributed by atoms with Crippen molar-refractivity contribution in [3.05, 3.63) is 23.0 Å². The normalized spacial score (nSPS) is 26.9. The molecule has 116 valence electrons. The lowest BCUT2D eigenvalue weighted by atomic mass is 10.0. The van der Waals surface area contributed by atoms with Crippen LogP contribution in [-0.2, 0) is 6.54 Å². The van der Waals surface area contributed by atoms with Crippen LogP contribution in [-0.4, -0.2) is 42.2 Å². The topological polar surface area (TPSA) is 37.4 Å². The van der Waals surface area contributed by atoms with Gasteiger partial charge in [-0.3, -0.25) is 9.88 Å². The molecule has 0 spiro atoms. The molecular formula is C17H27N3O. The molecule has 1 saturated heterocycles. The van der Waals surface area contributed by atoms with Gasteiger partial charge in [-0.05, 0) is 39.5 Å². The van der Waals surface area contributed by atoms with Crippen LogP contribution in [0.3, 0.4) is 0 Å². The Kier molecular flexibility index (Phi) is 4.18. The van der Waals surface area contributed by atoms with Gasteiger partial charge < -0.3 is 10.1 Å². The monoisotopic (exact) mass is 289 g/mol. The number of rotatable bonds is 4. The third kappa shape index (κ3) is 3.06. The molecule has 2 atom stereocenters. The third-order valence-corrected chi connectivity index (χ3v) is 5.02. The molecule has 4 nitrogen and oxygen atoms in total. The van der Waals surface area contributed by atoms with E-state index in [1.165, 1.54) is 18.4 Å². The average molecular weight is 289 g/mol. The maximum atomic E-state index is 5.53. The lowest BCUT2D eigenvalue weighted by molar-refractivity contribution is 0.123. The molecule has 4 heteroatoms. The van der Waals surface area contributed by atoms with Crippen LogP contribution in [0.1, 0.15) is 36.6 Å². The van der Waals surface area contributed by atoms with Crippen molar-refractivity contribution in [2.24, 2.45) is 5.92 Å². The Labute approximate surface area is 127 Å². The average Bonchev–Trinajstić information content (AvgIpc) is 3.29. The summed E-state index contributed by atoms with van der Waals surface area (Å²) in [7, 11) is 1.75. The number of hydrogen-bond donors (Lipinski definition) is 1. The first-order valence-corrected chi connectivity index (χ1v) is 8.06. The molecule has 0 bridgehead atoms. The molecule has 0 aromatic carbocycles. The van der Waals surface area contributed by atoms with Crippen molar-refractivity contribution in [2.45, 2.75) is 52.2 Å². The SMILES string of the molecule is COc1c(C)cnc(CN2CC(C3CC3)NCC2C)c1C. The van der Waals surface area contributed by atoms with Crippen LogP contribution in [0, 0.1) is 19.8 Å². The molecule has 1 N–H and O–H groups in total. The van der Waals surface area contributed by atoms with E-state index in [-0.39, 0.29) is 0 Å². The van der Waals surface area contributed by atoms with Crippen LogP contribution in [0.5, 0.6) is 5.75 Å². The molecule has 2 unspecified atom stereocenters. The van der Waals surface area contributed by atoms with Crippen molar-refractivity contribution < 1.29 is 4.74 Å². The number of aromatic nitrogens is 1. The van der Waals surface area contributed by atoms with E-state index < -0.39 is 0 Å². The lowest BCUT2D eigenvalue weighted by Gasteiger charge is -2.39. The van der Waals surface area contributed by atoms with Crippen LogP contribution >= 0.6 is 0 Å². The quantitative estimate of drug-likeness (QED) is 0.923. The zero-order chi connectivity index (χ0) is 15.0. The standard InChI is InChI=1S/C17H27N3O/c1-11-7-18-15(13(3)17(11)21-4)9-20-10-16(14-5-6-14)19-8-12(20)2/h7,12,14,16,19H,5-6,8-10H2,1-4H3. The number of nitrogens with one attached hydrogen (secondary N) is 1. The first kappa shape index (κ1) is 14.8. The van der Waals surface area contributed by atoms with Gasteiger partial charge in [0.05, 0.1) is 12.8 Å². The fraction of sp³-hybridized carbons (Fsp3) is 0.706. The van der Waals surface area contributed by atoms with E-state index in [2.05, 4.69) is 36.0 Å². The van der Waals surface area contributed by atoms with Gasteiger partial charge >= 0.3 is 0 Å². The smallest absolute Gasteiger partial charge is 0.128 e. The molecule has 1 aliphatic heterocycles. The maximum absolute atomic E-state index is 5.53. The number of ether oxygens (including phenoxy) is 1. The molecule has 3 rings (SSSR count). The summed E-state index contributed by atoms with van der Waals surface area (Å²) in [5, 5.41) is 3.71. The number of pyridine rings is 1. The number of hydrogen-bond acceptors (Lipinski definition) is 4. The highest BCUT2D eigenvalue weighted by atomic mass is 16.5. The second-order valence-corrected chi connectivity index (χ2v) is 6.68. The molecule has 2 heterocycles. The van der Waals surface area contributed by atoms with Gasteiger partial charge in [0.2, 0.25) is 0 Å². The highest BCUT2D eigenvalue weighted by molar-refractivity contribution is 5.41. The molecule has 1 aliphatic carbocycles. The van der Waals surface area contributed by atoms with E-state index >= 15 is 0 Å². The van der Waals surface area contributed by atoms with E-state index in [4.69, 9.17) is 4.74 Å². The van der Waals surface area contributed by atoms with E-state index in [1.54, 1.807) is 7.11 Å². The Bertz CT molecular complexity index is 513. The fourth-order valence-corrected chi connectivity index (χ4v) is 3.41. The third-order valence-electron chi connectivity index (χ3n) is 5.02. The van der Waals surface area contributed by atoms with Crippen molar-refractivity contribution in [3.63, 3.8) is 0 Å². The van der Waals surface area contributed by atoms with Crippen LogP contribution in [0.4, 0.5) is 0 Å². The first-order chi connectivity index (χ1) is 10.1. The van der Waals surface area contributed by atoms with Crippen molar-refractivity contribution in [1.29, 1.82) is 0 Å². The summed E-state index contributed by atoms with van der Waals surface area (Å²) in [5.74, 6) is 1.89. The van der Waals surface area contributed by atoms with E-state index in [9.17, 15) is 0 Å². The van der Waals surface area contributed by atoms with Crippen molar-refractivity contribution >= 4 is 0 Å². The summed E-state index contributed by atoms with van der Waals surface area (Å²) in [6.45, 7) is 9.64. The first-order valence-electron chi connectivity index (χ1n) is 8.06. The number of nitrogens with zero attached hydrogens (tertiary/aromatic N) is 2. The Morgan fingerprint density at radius 3 is 2.81 bits per heavy atom. The summed E-state index contributed by atoms with van der Waals surface area (Å²) in [6, 6.07) is 1.24. The molecule has 21 heavy (non-hydrogen) atoms. The van der Waals surface area contributed by atoms with E-state index in [1.807, 2.05) is 6.20 Å². The van der Waals surface area contributed by atoms with Crippen molar-refractivity contribution in [3.8, 4) is 5.75 Å². The number of methoxy groups -OCH3 is 1. The van der Waals surface area contributed by atoms with Gasteiger partial charge in [0.1, 0.15) is 5.75 Å². The lowest BCUT2D eigenvalue weighted by Crippen LogP contribution is -2.55. The minimum absolute atomic E-state index is 0.563. The minimum atomic E-state index is 0.563. The zero-order valence-corrected chi connectivity index (χ0v) is 13.6. The summed E-state index contributed by atoms with van der Waals surface area (Å²) in [5.41, 5.74) is 3.45. The van der Waals surface area contributed by atoms with Crippen LogP contribution in [0.15, 0.2) is 6.20 Å². The van der Waals surface area contributed by atoms with Crippen LogP contribution in [0.25, 0.3) is 0 Å². The second kappa shape index (κ2) is 5.93. The number of aryl methyl sites for hydroxylation is 1. The molecular weight excluding hydrogens is 262 g/mol. The Balaban J connectivity index is 1.75. The van der Waals surface area contributed by atoms with Crippen molar-refractivity contribution in [1.82, 2.24) is 15.2 Å². The highest BCUT2D eigenvalue weighted by Gasteiger charge is 2.36. The van der Waals surface area contributed by atoms with Gasteiger partial charge in [-0.1, -0.05) is 0 Å². The Morgan fingerprint density at radius 1 is 1.38 bits per heavy atom. The van der Waals surface area contributed by atoms with Gasteiger partial charge in [-0.15, -0.1) is 0 Å². The summed E-state index contributed by atoms with van der Waals surface area (Å²) in [4.78, 5) is 7.23. The van der Waals surface area contributed by atoms with Gasteiger partial charge in [0.15, 0.2) is 0 Å². The van der Waals surface area contributed by atoms with Crippen LogP contribution in [0.2, 0.25) is 0 Å². The molecule has 1 aromatic heterocycles. The zero-order valence-electron chi connectivity index (χ0n) is 13.6. The van der Waals surface area contributed by atoms with Crippen molar-refractivity contribution in [2.75, 3.05) is 20.2 Å². The summed E-state index contributed by atoms with van der Waals surface area (Å²) >= 11 is 0. The minimum Gasteiger partial charge on any atom is -0.496 e. The largest absolute Gasteiger partial charge is 0.496 e. The van der Waals surface area contributed by atoms with Crippen LogP contribution < -0.4 is 10.1 Å². The number of piperazine rings is 1. The van der Waals surface area contributed by atoms with E-state index in [0.717, 1.165) is 42.6 Å². The maximum Gasteiger partial charge on any atom is 0.128 e. The molecule has 0 amide bonds. The highest BCUT2D eigenvalue weighted by Crippen LogP contribution is 2.34. The van der Waals surface area contributed by atoms with E-state index in [0.29, 0.717) is 12.1 Å². The Hall–Kier alpha value is -1.13. The molecule has 1 aromatic rings. The molecule has 0 radical (unpaired) electrons. The molecule has 1 saturated carbocycles. The Morgan fingerprint density at radius 2 is 2.14 bits per heavy atom.